The molecule has 7 heteroatoms. The number of rotatable bonds is 7. The first-order valence-corrected chi connectivity index (χ1v) is 14.7. The van der Waals surface area contributed by atoms with Crippen LogP contribution < -0.4 is 0 Å². The van der Waals surface area contributed by atoms with Crippen molar-refractivity contribution in [3.63, 3.8) is 0 Å². The highest BCUT2D eigenvalue weighted by molar-refractivity contribution is 5.60. The summed E-state index contributed by atoms with van der Waals surface area (Å²) in [4.78, 5) is 12.2. The SMILES string of the molecule is Cc1ncc([C@@](O)(c2ccc(C(C)C)cc2)C2(C)CN(C)C2)cc1-c1nc(C2CCC(O)CC2)n(C2CC2)n1. The highest BCUT2D eigenvalue weighted by atomic mass is 16.3. The Morgan fingerprint density at radius 2 is 1.67 bits per heavy atom. The molecule has 3 fully saturated rings. The predicted octanol–water partition coefficient (Wildman–Crippen LogP) is 5.31. The van der Waals surface area contributed by atoms with Gasteiger partial charge in [0.25, 0.3) is 0 Å². The van der Waals surface area contributed by atoms with Crippen LogP contribution >= 0.6 is 0 Å². The summed E-state index contributed by atoms with van der Waals surface area (Å²) in [5, 5.41) is 27.8. The number of pyridine rings is 1. The van der Waals surface area contributed by atoms with Crippen molar-refractivity contribution in [2.45, 2.75) is 95.8 Å². The van der Waals surface area contributed by atoms with Crippen LogP contribution in [0.5, 0.6) is 0 Å². The molecule has 2 N–H and O–H groups in total. The molecule has 208 valence electrons. The molecule has 6 rings (SSSR count). The van der Waals surface area contributed by atoms with Crippen molar-refractivity contribution in [1.82, 2.24) is 24.6 Å². The molecule has 3 aromatic rings. The molecule has 39 heavy (non-hydrogen) atoms. The number of hydrogen-bond donors (Lipinski definition) is 2. The Morgan fingerprint density at radius 1 is 1.00 bits per heavy atom. The fraction of sp³-hybridized carbons (Fsp3) is 0.594. The molecule has 7 nitrogen and oxygen atoms in total. The van der Waals surface area contributed by atoms with Gasteiger partial charge in [-0.25, -0.2) is 9.67 Å². The Kier molecular flexibility index (Phi) is 6.68. The fourth-order valence-corrected chi connectivity index (χ4v) is 6.95. The van der Waals surface area contributed by atoms with Crippen LogP contribution in [0.25, 0.3) is 11.4 Å². The smallest absolute Gasteiger partial charge is 0.183 e. The Labute approximate surface area is 232 Å². The van der Waals surface area contributed by atoms with E-state index in [2.05, 4.69) is 67.7 Å². The number of aliphatic hydroxyl groups is 2. The minimum atomic E-state index is -1.20. The maximum Gasteiger partial charge on any atom is 0.183 e. The summed E-state index contributed by atoms with van der Waals surface area (Å²) in [6.07, 6.45) is 7.47. The zero-order valence-corrected chi connectivity index (χ0v) is 24.1. The van der Waals surface area contributed by atoms with Gasteiger partial charge in [-0.2, -0.15) is 5.10 Å². The molecule has 3 heterocycles. The summed E-state index contributed by atoms with van der Waals surface area (Å²) < 4.78 is 2.16. The first-order chi connectivity index (χ1) is 18.6. The van der Waals surface area contributed by atoms with Crippen LogP contribution in [0.3, 0.4) is 0 Å². The number of nitrogens with zero attached hydrogens (tertiary/aromatic N) is 5. The summed E-state index contributed by atoms with van der Waals surface area (Å²) in [7, 11) is 2.10. The maximum atomic E-state index is 12.7. The van der Waals surface area contributed by atoms with Crippen molar-refractivity contribution in [2.75, 3.05) is 20.1 Å². The third-order valence-electron chi connectivity index (χ3n) is 9.46. The lowest BCUT2D eigenvalue weighted by atomic mass is 9.62. The normalized spacial score (nSPS) is 24.9. The second kappa shape index (κ2) is 9.79. The van der Waals surface area contributed by atoms with E-state index in [1.165, 1.54) is 5.56 Å². The van der Waals surface area contributed by atoms with Gasteiger partial charge in [0.05, 0.1) is 12.1 Å². The van der Waals surface area contributed by atoms with Gasteiger partial charge in [-0.3, -0.25) is 4.98 Å². The van der Waals surface area contributed by atoms with E-state index in [1.54, 1.807) is 0 Å². The molecule has 2 aliphatic carbocycles. The lowest BCUT2D eigenvalue weighted by molar-refractivity contribution is -0.127. The van der Waals surface area contributed by atoms with Crippen molar-refractivity contribution in [3.8, 4) is 11.4 Å². The molecule has 2 aromatic heterocycles. The molecule has 0 spiro atoms. The van der Waals surface area contributed by atoms with E-state index in [0.29, 0.717) is 23.7 Å². The zero-order chi connectivity index (χ0) is 27.5. The van der Waals surface area contributed by atoms with Crippen molar-refractivity contribution in [2.24, 2.45) is 5.41 Å². The summed E-state index contributed by atoms with van der Waals surface area (Å²) >= 11 is 0. The Bertz CT molecular complexity index is 1330. The summed E-state index contributed by atoms with van der Waals surface area (Å²) in [5.74, 6) is 2.51. The van der Waals surface area contributed by atoms with Crippen LogP contribution in [0, 0.1) is 12.3 Å². The van der Waals surface area contributed by atoms with E-state index < -0.39 is 5.60 Å². The van der Waals surface area contributed by atoms with E-state index >= 15 is 0 Å². The van der Waals surface area contributed by atoms with Gasteiger partial charge in [-0.05, 0) is 75.6 Å². The van der Waals surface area contributed by atoms with Gasteiger partial charge in [-0.15, -0.1) is 0 Å². The molecule has 1 aliphatic heterocycles. The average Bonchev–Trinajstić information content (AvgIpc) is 3.66. The molecule has 2 saturated carbocycles. The van der Waals surface area contributed by atoms with E-state index in [1.807, 2.05) is 13.1 Å². The minimum absolute atomic E-state index is 0.194. The van der Waals surface area contributed by atoms with Gasteiger partial charge in [0, 0.05) is 47.4 Å². The van der Waals surface area contributed by atoms with Crippen LogP contribution in [0.2, 0.25) is 0 Å². The number of aryl methyl sites for hydroxylation is 1. The standard InChI is InChI=1S/C32H43N5O2/c1-20(2)22-6-10-24(11-7-22)32(39,31(4)18-36(5)19-31)25-16-28(21(3)33-17-25)29-34-30(37(35-29)26-12-13-26)23-8-14-27(38)15-9-23/h6-7,10-11,16-17,20,23,26-27,38-39H,8-9,12-15,18-19H2,1-5H3/t23?,27?,32-/m0/s1. The Hall–Kier alpha value is -2.61. The molecule has 0 bridgehead atoms. The first kappa shape index (κ1) is 26.6. The lowest BCUT2D eigenvalue weighted by Crippen LogP contribution is -2.63. The molecule has 1 atom stereocenters. The highest BCUT2D eigenvalue weighted by Crippen LogP contribution is 2.51. The summed E-state index contributed by atoms with van der Waals surface area (Å²) in [6, 6.07) is 11.0. The van der Waals surface area contributed by atoms with Gasteiger partial charge < -0.3 is 15.1 Å². The molecular weight excluding hydrogens is 486 g/mol. The summed E-state index contributed by atoms with van der Waals surface area (Å²) in [6.45, 7) is 10.2. The molecule has 0 radical (unpaired) electrons. The minimum Gasteiger partial charge on any atom is -0.393 e. The van der Waals surface area contributed by atoms with Crippen molar-refractivity contribution in [3.05, 3.63) is 64.7 Å². The van der Waals surface area contributed by atoms with Crippen molar-refractivity contribution in [1.29, 1.82) is 0 Å². The van der Waals surface area contributed by atoms with Gasteiger partial charge in [0.2, 0.25) is 0 Å². The topological polar surface area (TPSA) is 87.3 Å². The van der Waals surface area contributed by atoms with Crippen LogP contribution in [0.4, 0.5) is 0 Å². The number of aliphatic hydroxyl groups excluding tert-OH is 1. The maximum absolute atomic E-state index is 12.7. The predicted molar refractivity (Wildman–Crippen MR) is 153 cm³/mol. The van der Waals surface area contributed by atoms with E-state index in [-0.39, 0.29) is 11.5 Å². The third kappa shape index (κ3) is 4.62. The van der Waals surface area contributed by atoms with Crippen LogP contribution in [0.15, 0.2) is 36.5 Å². The fourth-order valence-electron chi connectivity index (χ4n) is 6.95. The van der Waals surface area contributed by atoms with Gasteiger partial charge in [-0.1, -0.05) is 45.0 Å². The number of likely N-dealkylation sites (tertiary alicyclic amines) is 1. The third-order valence-corrected chi connectivity index (χ3v) is 9.46. The number of hydrogen-bond acceptors (Lipinski definition) is 6. The van der Waals surface area contributed by atoms with Crippen LogP contribution in [-0.2, 0) is 5.60 Å². The molecular formula is C32H43N5O2. The van der Waals surface area contributed by atoms with Gasteiger partial charge in [0.1, 0.15) is 11.4 Å². The Balaban J connectivity index is 1.43. The largest absolute Gasteiger partial charge is 0.393 e. The molecule has 1 aromatic carbocycles. The van der Waals surface area contributed by atoms with Crippen LogP contribution in [0.1, 0.15) is 105 Å². The molecule has 0 amide bonds. The monoisotopic (exact) mass is 529 g/mol. The zero-order valence-electron chi connectivity index (χ0n) is 24.1. The number of benzene rings is 1. The van der Waals surface area contributed by atoms with Crippen LogP contribution in [-0.4, -0.2) is 61.1 Å². The second-order valence-corrected chi connectivity index (χ2v) is 13.1. The molecule has 1 saturated heterocycles. The van der Waals surface area contributed by atoms with E-state index in [4.69, 9.17) is 15.1 Å². The Morgan fingerprint density at radius 3 is 2.26 bits per heavy atom. The molecule has 3 aliphatic rings. The lowest BCUT2D eigenvalue weighted by Gasteiger charge is -2.56. The second-order valence-electron chi connectivity index (χ2n) is 13.1. The average molecular weight is 530 g/mol. The van der Waals surface area contributed by atoms with Crippen molar-refractivity contribution < 1.29 is 10.2 Å². The molecule has 0 unspecified atom stereocenters. The highest BCUT2D eigenvalue weighted by Gasteiger charge is 2.55. The summed E-state index contributed by atoms with van der Waals surface area (Å²) in [5.41, 5.74) is 3.15. The van der Waals surface area contributed by atoms with Crippen molar-refractivity contribution >= 4 is 0 Å². The van der Waals surface area contributed by atoms with Gasteiger partial charge in [0.15, 0.2) is 5.82 Å². The van der Waals surface area contributed by atoms with E-state index in [0.717, 1.165) is 79.8 Å². The quantitative estimate of drug-likeness (QED) is 0.431. The van der Waals surface area contributed by atoms with Gasteiger partial charge >= 0.3 is 0 Å². The van der Waals surface area contributed by atoms with E-state index in [9.17, 15) is 10.2 Å². The first-order valence-electron chi connectivity index (χ1n) is 14.7. The number of aromatic nitrogens is 4.